The SMILES string of the molecule is CC(=O)c1cc(C)cc2c(C#N)cc(N3CCC(c4cnn(C)c4)C3)nc12. The van der Waals surface area contributed by atoms with Crippen molar-refractivity contribution in [3.8, 4) is 6.07 Å². The number of ketones is 1. The van der Waals surface area contributed by atoms with Crippen LogP contribution in [0.25, 0.3) is 10.9 Å². The molecule has 1 unspecified atom stereocenters. The Morgan fingerprint density at radius 1 is 1.33 bits per heavy atom. The van der Waals surface area contributed by atoms with Gasteiger partial charge in [0, 0.05) is 43.2 Å². The van der Waals surface area contributed by atoms with Gasteiger partial charge in [-0.25, -0.2) is 4.98 Å². The van der Waals surface area contributed by atoms with E-state index in [1.807, 2.05) is 43.0 Å². The van der Waals surface area contributed by atoms with Gasteiger partial charge in [0.15, 0.2) is 5.78 Å². The zero-order valence-electron chi connectivity index (χ0n) is 15.7. The number of pyridine rings is 1. The van der Waals surface area contributed by atoms with E-state index in [0.717, 1.165) is 36.3 Å². The summed E-state index contributed by atoms with van der Waals surface area (Å²) in [4.78, 5) is 19.1. The van der Waals surface area contributed by atoms with Crippen molar-refractivity contribution in [3.05, 3.63) is 52.8 Å². The number of hydrogen-bond acceptors (Lipinski definition) is 5. The molecule has 2 aromatic heterocycles. The van der Waals surface area contributed by atoms with Crippen LogP contribution in [0, 0.1) is 18.3 Å². The van der Waals surface area contributed by atoms with Crippen molar-refractivity contribution in [2.75, 3.05) is 18.0 Å². The number of nitriles is 1. The third-order valence-electron chi connectivity index (χ3n) is 5.25. The van der Waals surface area contributed by atoms with E-state index >= 15 is 0 Å². The first-order chi connectivity index (χ1) is 13.0. The van der Waals surface area contributed by atoms with Crippen LogP contribution in [0.2, 0.25) is 0 Å². The Hall–Kier alpha value is -3.20. The molecule has 0 aliphatic carbocycles. The van der Waals surface area contributed by atoms with Crippen molar-refractivity contribution in [2.45, 2.75) is 26.2 Å². The van der Waals surface area contributed by atoms with Crippen LogP contribution in [0.15, 0.2) is 30.6 Å². The average molecular weight is 359 g/mol. The smallest absolute Gasteiger partial charge is 0.162 e. The molecule has 0 amide bonds. The second-order valence-corrected chi connectivity index (χ2v) is 7.28. The molecule has 1 aliphatic rings. The first-order valence-corrected chi connectivity index (χ1v) is 9.06. The second-order valence-electron chi connectivity index (χ2n) is 7.28. The monoisotopic (exact) mass is 359 g/mol. The molecule has 0 spiro atoms. The summed E-state index contributed by atoms with van der Waals surface area (Å²) in [6, 6.07) is 7.91. The van der Waals surface area contributed by atoms with Crippen LogP contribution >= 0.6 is 0 Å². The molecule has 0 N–H and O–H groups in total. The van der Waals surface area contributed by atoms with Crippen molar-refractivity contribution in [1.29, 1.82) is 5.26 Å². The van der Waals surface area contributed by atoms with Crippen molar-refractivity contribution < 1.29 is 4.79 Å². The summed E-state index contributed by atoms with van der Waals surface area (Å²) >= 11 is 0. The molecule has 136 valence electrons. The lowest BCUT2D eigenvalue weighted by atomic mass is 10.00. The Morgan fingerprint density at radius 2 is 2.15 bits per heavy atom. The summed E-state index contributed by atoms with van der Waals surface area (Å²) in [5, 5.41) is 14.7. The Morgan fingerprint density at radius 3 is 2.81 bits per heavy atom. The van der Waals surface area contributed by atoms with Crippen molar-refractivity contribution >= 4 is 22.5 Å². The molecule has 1 saturated heterocycles. The number of aryl methyl sites for hydroxylation is 2. The van der Waals surface area contributed by atoms with E-state index in [9.17, 15) is 10.1 Å². The van der Waals surface area contributed by atoms with Crippen LogP contribution in [0.1, 0.15) is 46.3 Å². The maximum atomic E-state index is 12.1. The molecule has 6 heteroatoms. The molecule has 0 radical (unpaired) electrons. The quantitative estimate of drug-likeness (QED) is 0.671. The van der Waals surface area contributed by atoms with Gasteiger partial charge in [-0.3, -0.25) is 9.48 Å². The minimum atomic E-state index is -0.0353. The van der Waals surface area contributed by atoms with Crippen molar-refractivity contribution in [3.63, 3.8) is 0 Å². The molecule has 1 atom stereocenters. The molecule has 1 aromatic carbocycles. The molecule has 3 aromatic rings. The summed E-state index contributed by atoms with van der Waals surface area (Å²) in [6.45, 7) is 5.17. The lowest BCUT2D eigenvalue weighted by Crippen LogP contribution is -2.20. The third kappa shape index (κ3) is 3.06. The fraction of sp³-hybridized carbons (Fsp3) is 0.333. The molecule has 3 heterocycles. The second kappa shape index (κ2) is 6.51. The highest BCUT2D eigenvalue weighted by Crippen LogP contribution is 2.32. The van der Waals surface area contributed by atoms with Crippen LogP contribution in [-0.4, -0.2) is 33.6 Å². The van der Waals surface area contributed by atoms with E-state index in [1.54, 1.807) is 6.92 Å². The highest BCUT2D eigenvalue weighted by Gasteiger charge is 2.27. The molecule has 1 fully saturated rings. The van der Waals surface area contributed by atoms with Crippen molar-refractivity contribution in [2.24, 2.45) is 7.05 Å². The largest absolute Gasteiger partial charge is 0.356 e. The molecule has 1 aliphatic heterocycles. The Balaban J connectivity index is 1.77. The zero-order chi connectivity index (χ0) is 19.1. The summed E-state index contributed by atoms with van der Waals surface area (Å²) in [7, 11) is 1.92. The third-order valence-corrected chi connectivity index (χ3v) is 5.25. The summed E-state index contributed by atoms with van der Waals surface area (Å²) in [6.07, 6.45) is 4.99. The molecule has 0 saturated carbocycles. The van der Waals surface area contributed by atoms with Gasteiger partial charge in [-0.05, 0) is 49.6 Å². The number of carbonyl (C=O) groups is 1. The number of benzene rings is 1. The van der Waals surface area contributed by atoms with Gasteiger partial charge in [0.2, 0.25) is 0 Å². The molecule has 0 bridgehead atoms. The van der Waals surface area contributed by atoms with E-state index < -0.39 is 0 Å². The molecule has 4 rings (SSSR count). The van der Waals surface area contributed by atoms with Crippen LogP contribution in [0.5, 0.6) is 0 Å². The number of hydrogen-bond donors (Lipinski definition) is 0. The number of rotatable bonds is 3. The minimum Gasteiger partial charge on any atom is -0.356 e. The maximum Gasteiger partial charge on any atom is 0.162 e. The normalized spacial score (nSPS) is 16.7. The van der Waals surface area contributed by atoms with E-state index in [4.69, 9.17) is 4.98 Å². The highest BCUT2D eigenvalue weighted by molar-refractivity contribution is 6.07. The maximum absolute atomic E-state index is 12.1. The van der Waals surface area contributed by atoms with E-state index in [0.29, 0.717) is 22.6 Å². The number of carbonyl (C=O) groups excluding carboxylic acids is 1. The average Bonchev–Trinajstić information content (AvgIpc) is 3.29. The minimum absolute atomic E-state index is 0.0353. The Kier molecular flexibility index (Phi) is 4.15. The fourth-order valence-corrected chi connectivity index (χ4v) is 3.87. The fourth-order valence-electron chi connectivity index (χ4n) is 3.87. The predicted octanol–water partition coefficient (Wildman–Crippen LogP) is 3.34. The van der Waals surface area contributed by atoms with Crippen LogP contribution in [-0.2, 0) is 7.05 Å². The number of anilines is 1. The van der Waals surface area contributed by atoms with Gasteiger partial charge in [-0.15, -0.1) is 0 Å². The zero-order valence-corrected chi connectivity index (χ0v) is 15.7. The van der Waals surface area contributed by atoms with Gasteiger partial charge in [-0.1, -0.05) is 0 Å². The topological polar surface area (TPSA) is 74.8 Å². The molecule has 27 heavy (non-hydrogen) atoms. The van der Waals surface area contributed by atoms with Gasteiger partial charge >= 0.3 is 0 Å². The summed E-state index contributed by atoms with van der Waals surface area (Å²) < 4.78 is 1.82. The number of Topliss-reactive ketones (excluding diaryl/α,β-unsaturated/α-hetero) is 1. The van der Waals surface area contributed by atoms with Gasteiger partial charge in [0.05, 0.1) is 23.3 Å². The van der Waals surface area contributed by atoms with Gasteiger partial charge in [-0.2, -0.15) is 10.4 Å². The molecular weight excluding hydrogens is 338 g/mol. The molecule has 6 nitrogen and oxygen atoms in total. The van der Waals surface area contributed by atoms with Crippen molar-refractivity contribution in [1.82, 2.24) is 14.8 Å². The summed E-state index contributed by atoms with van der Waals surface area (Å²) in [5.74, 6) is 1.12. The first-order valence-electron chi connectivity index (χ1n) is 9.06. The number of nitrogens with zero attached hydrogens (tertiary/aromatic N) is 5. The van der Waals surface area contributed by atoms with E-state index in [1.165, 1.54) is 5.56 Å². The summed E-state index contributed by atoms with van der Waals surface area (Å²) in [5.41, 5.74) is 3.93. The van der Waals surface area contributed by atoms with Gasteiger partial charge in [0.1, 0.15) is 5.82 Å². The Labute approximate surface area is 158 Å². The lowest BCUT2D eigenvalue weighted by molar-refractivity contribution is 0.101. The standard InChI is InChI=1S/C21H21N5O/c1-13-6-18(14(2)27)21-19(7-13)16(9-22)8-20(24-21)26-5-4-15(12-26)17-10-23-25(3)11-17/h6-8,10-11,15H,4-5,12H2,1-3H3. The number of fused-ring (bicyclic) bond motifs is 1. The van der Waals surface area contributed by atoms with E-state index in [-0.39, 0.29) is 5.78 Å². The Bertz CT molecular complexity index is 1090. The van der Waals surface area contributed by atoms with Crippen LogP contribution in [0.4, 0.5) is 5.82 Å². The van der Waals surface area contributed by atoms with Crippen LogP contribution < -0.4 is 4.90 Å². The van der Waals surface area contributed by atoms with Crippen LogP contribution in [0.3, 0.4) is 0 Å². The predicted molar refractivity (Wildman–Crippen MR) is 104 cm³/mol. The van der Waals surface area contributed by atoms with Gasteiger partial charge < -0.3 is 4.90 Å². The molecular formula is C21H21N5O. The first kappa shape index (κ1) is 17.2. The number of aromatic nitrogens is 3. The highest BCUT2D eigenvalue weighted by atomic mass is 16.1. The van der Waals surface area contributed by atoms with Gasteiger partial charge in [0.25, 0.3) is 0 Å². The van der Waals surface area contributed by atoms with E-state index in [2.05, 4.69) is 22.3 Å². The lowest BCUT2D eigenvalue weighted by Gasteiger charge is -2.19.